The maximum absolute atomic E-state index is 14.6. The standard InChI is InChI=1S/C27H27ClF2N4O4/c1-26(2,3)27(32(4)24(36)33-10-14-5-6-16(28)7-15(14)11-33)13-34(25(37)38)12-21-22(27)17-8-19(29)20(30)9-18(17)23(35)31-21/h5-9H,10-13H2,1-4H3,(H,31,35)(H,37,38). The van der Waals surface area contributed by atoms with E-state index in [1.54, 1.807) is 24.1 Å². The molecule has 1 aromatic heterocycles. The minimum Gasteiger partial charge on any atom is -0.465 e. The molecular weight excluding hydrogens is 518 g/mol. The number of carbonyl (C=O) groups excluding carboxylic acids is 1. The van der Waals surface area contributed by atoms with Crippen molar-refractivity contribution in [2.45, 2.75) is 45.9 Å². The van der Waals surface area contributed by atoms with Gasteiger partial charge in [-0.1, -0.05) is 38.4 Å². The Labute approximate surface area is 222 Å². The van der Waals surface area contributed by atoms with Crippen LogP contribution >= 0.6 is 11.6 Å². The van der Waals surface area contributed by atoms with E-state index in [1.165, 1.54) is 4.90 Å². The molecule has 2 N–H and O–H groups in total. The second kappa shape index (κ2) is 8.69. The summed E-state index contributed by atoms with van der Waals surface area (Å²) in [4.78, 5) is 46.2. The molecular formula is C27H27ClF2N4O4. The molecule has 5 rings (SSSR count). The Kier molecular flexibility index (Phi) is 5.94. The monoisotopic (exact) mass is 544 g/mol. The lowest BCUT2D eigenvalue weighted by molar-refractivity contribution is -0.0178. The number of likely N-dealkylation sites (N-methyl/N-ethyl adjacent to an activating group) is 1. The molecule has 38 heavy (non-hydrogen) atoms. The van der Waals surface area contributed by atoms with Crippen molar-refractivity contribution in [2.75, 3.05) is 13.6 Å². The van der Waals surface area contributed by atoms with Gasteiger partial charge >= 0.3 is 12.1 Å². The van der Waals surface area contributed by atoms with E-state index in [9.17, 15) is 28.3 Å². The van der Waals surface area contributed by atoms with Crippen LogP contribution in [-0.4, -0.2) is 50.5 Å². The van der Waals surface area contributed by atoms with Gasteiger partial charge in [0.1, 0.15) is 0 Å². The average Bonchev–Trinajstić information content (AvgIpc) is 3.26. The molecule has 3 heterocycles. The van der Waals surface area contributed by atoms with Crippen molar-refractivity contribution in [3.05, 3.63) is 79.7 Å². The number of aromatic nitrogens is 1. The number of pyridine rings is 1. The van der Waals surface area contributed by atoms with Gasteiger partial charge in [0.2, 0.25) is 0 Å². The van der Waals surface area contributed by atoms with Crippen LogP contribution < -0.4 is 5.56 Å². The van der Waals surface area contributed by atoms with E-state index in [0.29, 0.717) is 23.7 Å². The molecule has 0 aliphatic carbocycles. The number of hydrogen-bond acceptors (Lipinski definition) is 3. The number of nitrogens with zero attached hydrogens (tertiary/aromatic N) is 3. The van der Waals surface area contributed by atoms with Gasteiger partial charge in [-0.2, -0.15) is 0 Å². The van der Waals surface area contributed by atoms with Crippen LogP contribution in [0.5, 0.6) is 0 Å². The van der Waals surface area contributed by atoms with Gasteiger partial charge in [-0.25, -0.2) is 18.4 Å². The highest BCUT2D eigenvalue weighted by Crippen LogP contribution is 2.50. The van der Waals surface area contributed by atoms with Crippen molar-refractivity contribution >= 4 is 34.5 Å². The lowest BCUT2D eigenvalue weighted by atomic mass is 9.65. The first-order valence-electron chi connectivity index (χ1n) is 12.1. The largest absolute Gasteiger partial charge is 0.465 e. The summed E-state index contributed by atoms with van der Waals surface area (Å²) < 4.78 is 28.8. The molecule has 2 aromatic carbocycles. The third-order valence-electron chi connectivity index (χ3n) is 7.85. The Bertz CT molecular complexity index is 1570. The fourth-order valence-electron chi connectivity index (χ4n) is 5.96. The second-order valence-electron chi connectivity index (χ2n) is 11.0. The number of rotatable bonds is 1. The van der Waals surface area contributed by atoms with Crippen LogP contribution in [0.4, 0.5) is 18.4 Å². The first kappa shape index (κ1) is 26.0. The Hall–Kier alpha value is -3.66. The Morgan fingerprint density at radius 1 is 1.03 bits per heavy atom. The third kappa shape index (κ3) is 3.81. The van der Waals surface area contributed by atoms with E-state index in [-0.39, 0.29) is 35.6 Å². The van der Waals surface area contributed by atoms with Crippen molar-refractivity contribution in [2.24, 2.45) is 5.41 Å². The topological polar surface area (TPSA) is 96.9 Å². The van der Waals surface area contributed by atoms with Gasteiger partial charge in [0, 0.05) is 36.4 Å². The molecule has 0 bridgehead atoms. The average molecular weight is 545 g/mol. The Balaban J connectivity index is 1.74. The van der Waals surface area contributed by atoms with E-state index in [1.807, 2.05) is 26.8 Å². The molecule has 1 unspecified atom stereocenters. The van der Waals surface area contributed by atoms with E-state index >= 15 is 0 Å². The number of halogens is 3. The van der Waals surface area contributed by atoms with Gasteiger partial charge in [-0.05, 0) is 46.2 Å². The zero-order chi connectivity index (χ0) is 27.7. The number of amides is 3. The van der Waals surface area contributed by atoms with Crippen LogP contribution in [0.3, 0.4) is 0 Å². The number of carboxylic acid groups (broad SMARTS) is 1. The predicted molar refractivity (Wildman–Crippen MR) is 138 cm³/mol. The van der Waals surface area contributed by atoms with E-state index in [2.05, 4.69) is 4.98 Å². The molecule has 3 amide bonds. The van der Waals surface area contributed by atoms with Crippen molar-refractivity contribution in [3.8, 4) is 0 Å². The number of H-pyrrole nitrogens is 1. The van der Waals surface area contributed by atoms with Crippen LogP contribution in [0.2, 0.25) is 5.02 Å². The summed E-state index contributed by atoms with van der Waals surface area (Å²) in [7, 11) is 1.58. The summed E-state index contributed by atoms with van der Waals surface area (Å²) in [6.45, 7) is 5.86. The van der Waals surface area contributed by atoms with Crippen molar-refractivity contribution in [1.29, 1.82) is 0 Å². The van der Waals surface area contributed by atoms with Gasteiger partial charge in [0.25, 0.3) is 5.56 Å². The van der Waals surface area contributed by atoms with Gasteiger partial charge < -0.3 is 19.9 Å². The van der Waals surface area contributed by atoms with Crippen LogP contribution in [-0.2, 0) is 25.2 Å². The normalized spacial score (nSPS) is 18.9. The second-order valence-corrected chi connectivity index (χ2v) is 11.4. The van der Waals surface area contributed by atoms with Crippen molar-refractivity contribution < 1.29 is 23.5 Å². The summed E-state index contributed by atoms with van der Waals surface area (Å²) >= 11 is 6.15. The predicted octanol–water partition coefficient (Wildman–Crippen LogP) is 5.26. The molecule has 2 aliphatic heterocycles. The number of nitrogens with one attached hydrogen (secondary N) is 1. The zero-order valence-corrected chi connectivity index (χ0v) is 22.1. The summed E-state index contributed by atoms with van der Waals surface area (Å²) in [6, 6.07) is 6.84. The molecule has 200 valence electrons. The van der Waals surface area contributed by atoms with Gasteiger partial charge in [-0.15, -0.1) is 0 Å². The fraction of sp³-hybridized carbons (Fsp3) is 0.370. The van der Waals surface area contributed by atoms with E-state index in [0.717, 1.165) is 28.2 Å². The molecule has 0 radical (unpaired) electrons. The number of benzene rings is 2. The molecule has 8 nitrogen and oxygen atoms in total. The van der Waals surface area contributed by atoms with E-state index in [4.69, 9.17) is 11.6 Å². The zero-order valence-electron chi connectivity index (χ0n) is 21.4. The summed E-state index contributed by atoms with van der Waals surface area (Å²) in [5.41, 5.74) is -0.382. The quantitative estimate of drug-likeness (QED) is 0.436. The molecule has 0 saturated heterocycles. The lowest BCUT2D eigenvalue weighted by Crippen LogP contribution is -2.65. The summed E-state index contributed by atoms with van der Waals surface area (Å²) in [6.07, 6.45) is -1.24. The summed E-state index contributed by atoms with van der Waals surface area (Å²) in [5, 5.41) is 10.6. The van der Waals surface area contributed by atoms with Crippen molar-refractivity contribution in [3.63, 3.8) is 0 Å². The fourth-order valence-corrected chi connectivity index (χ4v) is 6.16. The van der Waals surface area contributed by atoms with Gasteiger partial charge in [0.15, 0.2) is 11.6 Å². The van der Waals surface area contributed by atoms with Crippen LogP contribution in [0.25, 0.3) is 10.8 Å². The Morgan fingerprint density at radius 3 is 2.29 bits per heavy atom. The summed E-state index contributed by atoms with van der Waals surface area (Å²) in [5.74, 6) is -2.32. The maximum Gasteiger partial charge on any atom is 0.407 e. The van der Waals surface area contributed by atoms with Gasteiger partial charge in [0.05, 0.1) is 24.0 Å². The lowest BCUT2D eigenvalue weighted by Gasteiger charge is -2.56. The number of aromatic amines is 1. The third-order valence-corrected chi connectivity index (χ3v) is 8.09. The molecule has 0 spiro atoms. The van der Waals surface area contributed by atoms with Gasteiger partial charge in [-0.3, -0.25) is 9.69 Å². The first-order valence-corrected chi connectivity index (χ1v) is 12.4. The maximum atomic E-state index is 14.6. The molecule has 1 atom stereocenters. The number of carbonyl (C=O) groups is 2. The van der Waals surface area contributed by atoms with E-state index < -0.39 is 34.2 Å². The minimum atomic E-state index is -1.37. The molecule has 0 fully saturated rings. The smallest absolute Gasteiger partial charge is 0.407 e. The SMILES string of the molecule is CN(C(=O)N1Cc2ccc(Cl)cc2C1)C1(C(C)(C)C)CN(C(=O)O)Cc2[nH]c(=O)c3cc(F)c(F)cc3c21. The molecule has 2 aliphatic rings. The molecule has 3 aromatic rings. The van der Waals surface area contributed by atoms with Crippen LogP contribution in [0.15, 0.2) is 35.1 Å². The van der Waals surface area contributed by atoms with Crippen LogP contribution in [0.1, 0.15) is 43.2 Å². The van der Waals surface area contributed by atoms with Crippen molar-refractivity contribution in [1.82, 2.24) is 19.7 Å². The molecule has 11 heteroatoms. The number of hydrogen-bond donors (Lipinski definition) is 2. The van der Waals surface area contributed by atoms with Crippen LogP contribution in [0, 0.1) is 17.0 Å². The number of fused-ring (bicyclic) bond motifs is 4. The highest BCUT2D eigenvalue weighted by molar-refractivity contribution is 6.30. The highest BCUT2D eigenvalue weighted by Gasteiger charge is 2.55. The molecule has 0 saturated carbocycles. The first-order chi connectivity index (χ1) is 17.7. The minimum absolute atomic E-state index is 0.0795. The number of urea groups is 1. The Morgan fingerprint density at radius 2 is 1.66 bits per heavy atom. The highest BCUT2D eigenvalue weighted by atomic mass is 35.5.